The van der Waals surface area contributed by atoms with Crippen LogP contribution in [0.1, 0.15) is 32.6 Å². The van der Waals surface area contributed by atoms with Gasteiger partial charge in [0.05, 0.1) is 10.1 Å². The van der Waals surface area contributed by atoms with Crippen LogP contribution in [-0.4, -0.2) is 32.9 Å². The van der Waals surface area contributed by atoms with Crippen molar-refractivity contribution < 1.29 is 4.79 Å². The number of rotatable bonds is 5. The molecule has 10 heteroatoms. The van der Waals surface area contributed by atoms with Gasteiger partial charge in [-0.25, -0.2) is 0 Å². The second-order valence-electron chi connectivity index (χ2n) is 6.36. The topological polar surface area (TPSA) is 87.7 Å². The average molecular weight is 433 g/mol. The number of aromatic nitrogens is 3. The normalized spacial score (nSPS) is 20.1. The molecule has 0 bridgehead atoms. The zero-order valence-corrected chi connectivity index (χ0v) is 17.2. The quantitative estimate of drug-likeness (QED) is 0.697. The molecule has 0 spiro atoms. The second kappa shape index (κ2) is 8.73. The molecule has 0 aromatic carbocycles. The molecule has 2 aromatic heterocycles. The monoisotopic (exact) mass is 432 g/mol. The first-order valence-corrected chi connectivity index (χ1v) is 10.8. The largest absolute Gasteiger partial charge is 0.353 e. The van der Waals surface area contributed by atoms with Gasteiger partial charge in [-0.1, -0.05) is 41.9 Å². The number of H-pyrrole nitrogens is 1. The Morgan fingerprint density at radius 3 is 2.69 bits per heavy atom. The number of nitrogens with one attached hydrogen (secondary N) is 2. The molecule has 0 aliphatic heterocycles. The third kappa shape index (κ3) is 5.00. The van der Waals surface area contributed by atoms with E-state index < -0.39 is 5.56 Å². The van der Waals surface area contributed by atoms with E-state index in [0.717, 1.165) is 54.7 Å². The van der Waals surface area contributed by atoms with E-state index in [-0.39, 0.29) is 23.4 Å². The number of aromatic amines is 1. The smallest absolute Gasteiger partial charge is 0.278 e. The summed E-state index contributed by atoms with van der Waals surface area (Å²) in [6.07, 6.45) is 4.33. The van der Waals surface area contributed by atoms with Crippen molar-refractivity contribution in [2.24, 2.45) is 5.92 Å². The van der Waals surface area contributed by atoms with Crippen molar-refractivity contribution >= 4 is 52.2 Å². The number of hydrogen-bond acceptors (Lipinski definition) is 6. The van der Waals surface area contributed by atoms with Gasteiger partial charge in [-0.15, -0.1) is 21.5 Å². The van der Waals surface area contributed by atoms with E-state index in [1.807, 2.05) is 0 Å². The molecule has 2 N–H and O–H groups in total. The van der Waals surface area contributed by atoms with E-state index in [1.54, 1.807) is 6.07 Å². The summed E-state index contributed by atoms with van der Waals surface area (Å²) in [5.74, 6) is 0.859. The number of thioether (sulfide) groups is 1. The zero-order chi connectivity index (χ0) is 18.7. The lowest BCUT2D eigenvalue weighted by Gasteiger charge is -2.26. The Balaban J connectivity index is 1.57. The molecule has 6 nitrogen and oxygen atoms in total. The van der Waals surface area contributed by atoms with Crippen LogP contribution in [0.5, 0.6) is 0 Å². The number of carbonyl (C=O) groups excluding carboxylic acids is 1. The molecular weight excluding hydrogens is 415 g/mol. The molecule has 1 aliphatic carbocycles. The van der Waals surface area contributed by atoms with Crippen LogP contribution in [-0.2, 0) is 4.79 Å². The van der Waals surface area contributed by atoms with E-state index in [4.69, 9.17) is 23.2 Å². The SMILES string of the molecule is CC1CCC(NC(=O)CSc2nnc(-c3cc(Cl)sc3Cl)c(=O)[nH]2)CC1. The fraction of sp³-hybridized carbons (Fsp3) is 0.500. The lowest BCUT2D eigenvalue weighted by Crippen LogP contribution is -2.38. The van der Waals surface area contributed by atoms with Crippen LogP contribution in [0.15, 0.2) is 16.0 Å². The molecule has 1 fully saturated rings. The highest BCUT2D eigenvalue weighted by Crippen LogP contribution is 2.36. The Hall–Kier alpha value is -1.09. The summed E-state index contributed by atoms with van der Waals surface area (Å²) < 4.78 is 0.856. The van der Waals surface area contributed by atoms with Crippen LogP contribution in [0.4, 0.5) is 0 Å². The van der Waals surface area contributed by atoms with Crippen molar-refractivity contribution in [1.82, 2.24) is 20.5 Å². The molecule has 0 atom stereocenters. The maximum absolute atomic E-state index is 12.2. The van der Waals surface area contributed by atoms with E-state index in [2.05, 4.69) is 27.4 Å². The first-order valence-electron chi connectivity index (χ1n) is 8.26. The Morgan fingerprint density at radius 2 is 2.08 bits per heavy atom. The standard InChI is InChI=1S/C16H18Cl2N4O2S2/c1-8-2-4-9(5-3-8)19-12(23)7-25-16-20-15(24)13(21-22-16)10-6-11(17)26-14(10)18/h6,8-9H,2-5,7H2,1H3,(H,19,23)(H,20,22,24). The number of hydrogen-bond donors (Lipinski definition) is 2. The Bertz CT molecular complexity index is 847. The minimum atomic E-state index is -0.416. The molecule has 140 valence electrons. The zero-order valence-electron chi connectivity index (χ0n) is 14.1. The highest BCUT2D eigenvalue weighted by molar-refractivity contribution is 7.99. The Labute approximate surface area is 169 Å². The first kappa shape index (κ1) is 19.7. The van der Waals surface area contributed by atoms with Crippen molar-refractivity contribution in [2.75, 3.05) is 5.75 Å². The molecule has 1 amide bonds. The molecule has 0 unspecified atom stereocenters. The third-order valence-electron chi connectivity index (χ3n) is 4.31. The maximum Gasteiger partial charge on any atom is 0.278 e. The van der Waals surface area contributed by atoms with Crippen LogP contribution in [0.3, 0.4) is 0 Å². The van der Waals surface area contributed by atoms with Crippen LogP contribution in [0.25, 0.3) is 11.3 Å². The summed E-state index contributed by atoms with van der Waals surface area (Å²) in [6.45, 7) is 2.24. The molecule has 1 aliphatic rings. The average Bonchev–Trinajstić information content (AvgIpc) is 2.93. The molecule has 0 saturated heterocycles. The van der Waals surface area contributed by atoms with E-state index >= 15 is 0 Å². The highest BCUT2D eigenvalue weighted by atomic mass is 35.5. The van der Waals surface area contributed by atoms with Crippen LogP contribution in [0.2, 0.25) is 8.67 Å². The van der Waals surface area contributed by atoms with E-state index in [1.165, 1.54) is 0 Å². The van der Waals surface area contributed by atoms with E-state index in [9.17, 15) is 9.59 Å². The molecule has 1 saturated carbocycles. The number of carbonyl (C=O) groups is 1. The maximum atomic E-state index is 12.2. The van der Waals surface area contributed by atoms with Crippen LogP contribution >= 0.6 is 46.3 Å². The van der Waals surface area contributed by atoms with Gasteiger partial charge >= 0.3 is 0 Å². The minimum Gasteiger partial charge on any atom is -0.353 e. The van der Waals surface area contributed by atoms with Gasteiger partial charge in [0.1, 0.15) is 4.34 Å². The van der Waals surface area contributed by atoms with Crippen molar-refractivity contribution in [2.45, 2.75) is 43.8 Å². The van der Waals surface area contributed by atoms with Crippen molar-refractivity contribution in [3.63, 3.8) is 0 Å². The molecule has 2 heterocycles. The summed E-state index contributed by atoms with van der Waals surface area (Å²) in [4.78, 5) is 26.9. The molecule has 0 radical (unpaired) electrons. The summed E-state index contributed by atoms with van der Waals surface area (Å²) in [5.41, 5.74) is 0.153. The lowest BCUT2D eigenvalue weighted by molar-refractivity contribution is -0.119. The van der Waals surface area contributed by atoms with Gasteiger partial charge in [0.25, 0.3) is 5.56 Å². The predicted octanol–water partition coefficient (Wildman–Crippen LogP) is 3.99. The fourth-order valence-electron chi connectivity index (χ4n) is 2.87. The number of nitrogens with zero attached hydrogens (tertiary/aromatic N) is 2. The first-order chi connectivity index (χ1) is 12.4. The van der Waals surface area contributed by atoms with Crippen molar-refractivity contribution in [3.05, 3.63) is 25.1 Å². The third-order valence-corrected chi connectivity index (χ3v) is 6.66. The van der Waals surface area contributed by atoms with Gasteiger partial charge in [-0.3, -0.25) is 14.6 Å². The predicted molar refractivity (Wildman–Crippen MR) is 106 cm³/mol. The number of halogens is 2. The van der Waals surface area contributed by atoms with Crippen LogP contribution in [0, 0.1) is 5.92 Å². The molecule has 26 heavy (non-hydrogen) atoms. The van der Waals surface area contributed by atoms with Crippen molar-refractivity contribution in [3.8, 4) is 11.3 Å². The Kier molecular flexibility index (Phi) is 6.60. The summed E-state index contributed by atoms with van der Waals surface area (Å²) in [6, 6.07) is 1.83. The number of thiophene rings is 1. The van der Waals surface area contributed by atoms with Crippen LogP contribution < -0.4 is 10.9 Å². The summed E-state index contributed by atoms with van der Waals surface area (Å²) >= 11 is 14.3. The van der Waals surface area contributed by atoms with Gasteiger partial charge < -0.3 is 5.32 Å². The summed E-state index contributed by atoms with van der Waals surface area (Å²) in [7, 11) is 0. The fourth-order valence-corrected chi connectivity index (χ4v) is 4.95. The Morgan fingerprint density at radius 1 is 1.35 bits per heavy atom. The minimum absolute atomic E-state index is 0.0612. The molecular formula is C16H18Cl2N4O2S2. The van der Waals surface area contributed by atoms with E-state index in [0.29, 0.717) is 19.4 Å². The van der Waals surface area contributed by atoms with Crippen molar-refractivity contribution in [1.29, 1.82) is 0 Å². The highest BCUT2D eigenvalue weighted by Gasteiger charge is 2.20. The second-order valence-corrected chi connectivity index (χ2v) is 9.61. The summed E-state index contributed by atoms with van der Waals surface area (Å²) in [5, 5.41) is 11.3. The van der Waals surface area contributed by atoms with Gasteiger partial charge in [0.15, 0.2) is 10.9 Å². The molecule has 3 rings (SSSR count). The van der Waals surface area contributed by atoms with Gasteiger partial charge in [-0.05, 0) is 37.7 Å². The van der Waals surface area contributed by atoms with Gasteiger partial charge in [-0.2, -0.15) is 0 Å². The number of amides is 1. The molecule has 2 aromatic rings. The van der Waals surface area contributed by atoms with Gasteiger partial charge in [0, 0.05) is 11.6 Å². The lowest BCUT2D eigenvalue weighted by atomic mass is 9.87. The van der Waals surface area contributed by atoms with Gasteiger partial charge in [0.2, 0.25) is 5.91 Å².